The van der Waals surface area contributed by atoms with Crippen molar-refractivity contribution in [1.82, 2.24) is 0 Å². The van der Waals surface area contributed by atoms with Crippen molar-refractivity contribution in [3.63, 3.8) is 0 Å². The van der Waals surface area contributed by atoms with E-state index in [4.69, 9.17) is 34.8 Å². The van der Waals surface area contributed by atoms with E-state index in [0.717, 1.165) is 7.11 Å². The lowest BCUT2D eigenvalue weighted by Crippen LogP contribution is -2.22. The van der Waals surface area contributed by atoms with Gasteiger partial charge in [-0.1, -0.05) is 34.8 Å². The summed E-state index contributed by atoms with van der Waals surface area (Å²) in [5, 5.41) is 3.46. The summed E-state index contributed by atoms with van der Waals surface area (Å²) in [5.74, 6) is -0.115. The summed E-state index contributed by atoms with van der Waals surface area (Å²) in [4.78, 5) is 11.0. The number of benzene rings is 1. The normalized spacial score (nSPS) is 10.6. The molecule has 0 saturated carbocycles. The van der Waals surface area contributed by atoms with Crippen LogP contribution in [0.25, 0.3) is 0 Å². The Hall–Kier alpha value is -1.40. The molecule has 0 bridgehead atoms. The van der Waals surface area contributed by atoms with Crippen LogP contribution in [0.15, 0.2) is 22.8 Å². The third kappa shape index (κ3) is 4.82. The second kappa shape index (κ2) is 7.04. The molecule has 0 aliphatic heterocycles. The lowest BCUT2D eigenvalue weighted by molar-refractivity contribution is -0.147. The maximum atomic E-state index is 12.5. The molecule has 114 valence electrons. The molecule has 0 aliphatic carbocycles. The standard InChI is InChI=1S/C11H6Cl3F3N2O2/c1-21-10(20)6(11(15,16)17)4-18-19-9-7(13)2-5(12)3-8(9)14/h2-3,19H,1H3. The predicted molar refractivity (Wildman–Crippen MR) is 74.1 cm³/mol. The molecule has 10 heteroatoms. The van der Waals surface area contributed by atoms with Gasteiger partial charge in [0.1, 0.15) is 0 Å². The number of halogens is 6. The van der Waals surface area contributed by atoms with Crippen LogP contribution in [0.3, 0.4) is 0 Å². The van der Waals surface area contributed by atoms with Gasteiger partial charge in [-0.05, 0) is 12.1 Å². The van der Waals surface area contributed by atoms with Crippen LogP contribution in [0.4, 0.5) is 18.9 Å². The van der Waals surface area contributed by atoms with Crippen molar-refractivity contribution in [1.29, 1.82) is 0 Å². The van der Waals surface area contributed by atoms with Gasteiger partial charge in [-0.25, -0.2) is 4.79 Å². The van der Waals surface area contributed by atoms with E-state index in [-0.39, 0.29) is 20.8 Å². The number of hydrazone groups is 1. The molecule has 0 radical (unpaired) electrons. The summed E-state index contributed by atoms with van der Waals surface area (Å²) >= 11 is 17.3. The molecule has 1 aromatic rings. The van der Waals surface area contributed by atoms with Gasteiger partial charge in [0.25, 0.3) is 0 Å². The second-order valence-corrected chi connectivity index (χ2v) is 4.70. The first kappa shape index (κ1) is 17.7. The van der Waals surface area contributed by atoms with E-state index in [1.54, 1.807) is 0 Å². The maximum Gasteiger partial charge on any atom is 0.432 e. The third-order valence-electron chi connectivity index (χ3n) is 2.02. The number of hydrogen-bond acceptors (Lipinski definition) is 4. The molecular formula is C11H6Cl3F3N2O2. The second-order valence-electron chi connectivity index (χ2n) is 3.44. The summed E-state index contributed by atoms with van der Waals surface area (Å²) in [7, 11) is 0.802. The van der Waals surface area contributed by atoms with E-state index in [2.05, 4.69) is 15.3 Å². The minimum atomic E-state index is -4.97. The number of nitrogens with zero attached hydrogens (tertiary/aromatic N) is 1. The molecule has 0 heterocycles. The van der Waals surface area contributed by atoms with E-state index in [9.17, 15) is 18.0 Å². The van der Waals surface area contributed by atoms with Crippen molar-refractivity contribution in [2.75, 3.05) is 12.5 Å². The van der Waals surface area contributed by atoms with Gasteiger partial charge in [0.05, 0.1) is 22.8 Å². The molecule has 4 nitrogen and oxygen atoms in total. The number of methoxy groups -OCH3 is 1. The zero-order chi connectivity index (χ0) is 16.2. The Bertz CT molecular complexity index is 603. The molecular weight excluding hydrogens is 355 g/mol. The fourth-order valence-corrected chi connectivity index (χ4v) is 2.02. The minimum Gasteiger partial charge on any atom is -0.465 e. The number of rotatable bonds is 3. The number of esters is 1. The van der Waals surface area contributed by atoms with Crippen molar-refractivity contribution in [2.24, 2.45) is 5.10 Å². The topological polar surface area (TPSA) is 50.7 Å². The number of carbonyl (C=O) groups excluding carboxylic acids is 1. The molecule has 0 amide bonds. The molecule has 21 heavy (non-hydrogen) atoms. The van der Waals surface area contributed by atoms with Crippen molar-refractivity contribution < 1.29 is 22.7 Å². The van der Waals surface area contributed by atoms with Crippen LogP contribution in [0.1, 0.15) is 0 Å². The molecule has 1 N–H and O–H groups in total. The predicted octanol–water partition coefficient (Wildman–Crippen LogP) is 4.31. The fraction of sp³-hybridized carbons (Fsp3) is 0.182. The van der Waals surface area contributed by atoms with Gasteiger partial charge in [-0.15, -0.1) is 5.10 Å². The largest absolute Gasteiger partial charge is 0.465 e. The minimum absolute atomic E-state index is 0.0154. The quantitative estimate of drug-likeness (QED) is 0.378. The number of carbonyl (C=O) groups is 1. The monoisotopic (exact) mass is 360 g/mol. The van der Waals surface area contributed by atoms with E-state index >= 15 is 0 Å². The Morgan fingerprint density at radius 3 is 2.24 bits per heavy atom. The Kier molecular flexibility index (Phi) is 5.92. The SMILES string of the molecule is COC(=O)C(=C=NNc1c(Cl)cc(Cl)cc1Cl)C(F)(F)F. The first-order chi connectivity index (χ1) is 9.66. The lowest BCUT2D eigenvalue weighted by atomic mass is 10.3. The highest BCUT2D eigenvalue weighted by Gasteiger charge is 2.40. The van der Waals surface area contributed by atoms with Gasteiger partial charge in [0.2, 0.25) is 5.57 Å². The Morgan fingerprint density at radius 1 is 1.29 bits per heavy atom. The molecule has 0 aliphatic rings. The summed E-state index contributed by atoms with van der Waals surface area (Å²) < 4.78 is 41.6. The zero-order valence-electron chi connectivity index (χ0n) is 10.2. The van der Waals surface area contributed by atoms with Crippen LogP contribution < -0.4 is 5.43 Å². The van der Waals surface area contributed by atoms with Gasteiger partial charge in [0, 0.05) is 10.9 Å². The van der Waals surface area contributed by atoms with Crippen molar-refractivity contribution in [3.8, 4) is 0 Å². The van der Waals surface area contributed by atoms with Crippen LogP contribution >= 0.6 is 34.8 Å². The summed E-state index contributed by atoms with van der Waals surface area (Å²) in [6, 6.07) is 2.61. The first-order valence-corrected chi connectivity index (χ1v) is 6.19. The van der Waals surface area contributed by atoms with Crippen molar-refractivity contribution >= 4 is 52.3 Å². The average Bonchev–Trinajstić information content (AvgIpc) is 2.34. The molecule has 1 rings (SSSR count). The van der Waals surface area contributed by atoms with Gasteiger partial charge in [0.15, 0.2) is 0 Å². The molecule has 0 spiro atoms. The maximum absolute atomic E-state index is 12.5. The average molecular weight is 362 g/mol. The first-order valence-electron chi connectivity index (χ1n) is 5.05. The van der Waals surface area contributed by atoms with Crippen LogP contribution in [0.5, 0.6) is 0 Å². The smallest absolute Gasteiger partial charge is 0.432 e. The molecule has 1 aromatic carbocycles. The molecule has 0 fully saturated rings. The third-order valence-corrected chi connectivity index (χ3v) is 2.83. The highest BCUT2D eigenvalue weighted by molar-refractivity contribution is 6.41. The van der Waals surface area contributed by atoms with Gasteiger partial charge in [-0.2, -0.15) is 13.2 Å². The number of alkyl halides is 3. The van der Waals surface area contributed by atoms with Crippen LogP contribution in [-0.4, -0.2) is 25.1 Å². The van der Waals surface area contributed by atoms with Gasteiger partial charge in [-0.3, -0.25) is 5.43 Å². The van der Waals surface area contributed by atoms with E-state index in [1.165, 1.54) is 18.0 Å². The van der Waals surface area contributed by atoms with Gasteiger partial charge < -0.3 is 4.74 Å². The summed E-state index contributed by atoms with van der Waals surface area (Å²) in [6.07, 6.45) is -4.97. The van der Waals surface area contributed by atoms with E-state index in [1.807, 2.05) is 0 Å². The lowest BCUT2D eigenvalue weighted by Gasteiger charge is -2.07. The number of anilines is 1. The van der Waals surface area contributed by atoms with Crippen LogP contribution in [-0.2, 0) is 9.53 Å². The molecule has 0 aromatic heterocycles. The highest BCUT2D eigenvalue weighted by atomic mass is 35.5. The number of hydrogen-bond donors (Lipinski definition) is 1. The summed E-state index contributed by atoms with van der Waals surface area (Å²) in [5.41, 5.74) is 0.459. The Balaban J connectivity index is 3.14. The Labute approximate surface area is 132 Å². The molecule has 0 atom stereocenters. The van der Waals surface area contributed by atoms with E-state index < -0.39 is 17.7 Å². The molecule has 0 saturated heterocycles. The highest BCUT2D eigenvalue weighted by Crippen LogP contribution is 2.33. The number of nitrogens with one attached hydrogen (secondary N) is 1. The number of ether oxygens (including phenoxy) is 1. The fourth-order valence-electron chi connectivity index (χ4n) is 1.12. The zero-order valence-corrected chi connectivity index (χ0v) is 12.5. The summed E-state index contributed by atoms with van der Waals surface area (Å²) in [6.45, 7) is 0. The molecule has 0 unspecified atom stereocenters. The van der Waals surface area contributed by atoms with Crippen LogP contribution in [0.2, 0.25) is 15.1 Å². The van der Waals surface area contributed by atoms with E-state index in [0.29, 0.717) is 0 Å². The van der Waals surface area contributed by atoms with Gasteiger partial charge >= 0.3 is 12.1 Å². The van der Waals surface area contributed by atoms with Crippen molar-refractivity contribution in [3.05, 3.63) is 32.8 Å². The van der Waals surface area contributed by atoms with Crippen LogP contribution in [0, 0.1) is 0 Å². The Morgan fingerprint density at radius 2 is 1.81 bits per heavy atom. The van der Waals surface area contributed by atoms with Crippen molar-refractivity contribution in [2.45, 2.75) is 6.18 Å².